The van der Waals surface area contributed by atoms with Crippen molar-refractivity contribution >= 4 is 24.2 Å². The molecule has 2 atom stereocenters. The Morgan fingerprint density at radius 2 is 2.10 bits per heavy atom. The Balaban J connectivity index is 0.00000361. The van der Waals surface area contributed by atoms with Crippen LogP contribution in [0.4, 0.5) is 0 Å². The van der Waals surface area contributed by atoms with E-state index in [1.54, 1.807) is 11.9 Å². The van der Waals surface area contributed by atoms with Crippen molar-refractivity contribution in [3.63, 3.8) is 0 Å². The van der Waals surface area contributed by atoms with E-state index in [4.69, 9.17) is 5.73 Å². The van der Waals surface area contributed by atoms with E-state index in [-0.39, 0.29) is 36.2 Å². The molecule has 0 aromatic rings. The van der Waals surface area contributed by atoms with Crippen molar-refractivity contribution in [3.05, 3.63) is 0 Å². The van der Waals surface area contributed by atoms with E-state index in [0.717, 1.165) is 25.8 Å². The smallest absolute Gasteiger partial charge is 0.227 e. The van der Waals surface area contributed by atoms with Crippen molar-refractivity contribution in [2.24, 2.45) is 11.7 Å². The quantitative estimate of drug-likeness (QED) is 0.831. The van der Waals surface area contributed by atoms with Gasteiger partial charge in [-0.1, -0.05) is 6.92 Å². The largest absolute Gasteiger partial charge is 0.342 e. The molecular formula is C14H28ClN3O2. The zero-order chi connectivity index (χ0) is 14.4. The van der Waals surface area contributed by atoms with Gasteiger partial charge in [0.25, 0.3) is 0 Å². The zero-order valence-corrected chi connectivity index (χ0v) is 13.6. The van der Waals surface area contributed by atoms with Gasteiger partial charge >= 0.3 is 0 Å². The van der Waals surface area contributed by atoms with Gasteiger partial charge in [-0.15, -0.1) is 12.4 Å². The van der Waals surface area contributed by atoms with Gasteiger partial charge in [0.05, 0.1) is 5.92 Å². The van der Waals surface area contributed by atoms with Crippen molar-refractivity contribution in [2.45, 2.75) is 45.6 Å². The number of hydrogen-bond acceptors (Lipinski definition) is 3. The minimum absolute atomic E-state index is 0. The number of rotatable bonds is 5. The first-order valence-electron chi connectivity index (χ1n) is 7.25. The molecule has 1 fully saturated rings. The van der Waals surface area contributed by atoms with Gasteiger partial charge in [-0.05, 0) is 26.2 Å². The zero-order valence-electron chi connectivity index (χ0n) is 12.8. The highest BCUT2D eigenvalue weighted by molar-refractivity contribution is 5.85. The first kappa shape index (κ1) is 19.2. The number of piperidine rings is 1. The second kappa shape index (κ2) is 9.19. The Morgan fingerprint density at radius 1 is 1.45 bits per heavy atom. The third-order valence-corrected chi connectivity index (χ3v) is 3.94. The number of nitrogens with zero attached hydrogens (tertiary/aromatic N) is 2. The van der Waals surface area contributed by atoms with Crippen LogP contribution in [0.25, 0.3) is 0 Å². The van der Waals surface area contributed by atoms with Crippen molar-refractivity contribution in [3.8, 4) is 0 Å². The summed E-state index contributed by atoms with van der Waals surface area (Å²) in [6.45, 7) is 5.77. The van der Waals surface area contributed by atoms with Crippen LogP contribution in [0.5, 0.6) is 0 Å². The number of halogens is 1. The van der Waals surface area contributed by atoms with Gasteiger partial charge in [-0.3, -0.25) is 9.59 Å². The maximum Gasteiger partial charge on any atom is 0.227 e. The Morgan fingerprint density at radius 3 is 2.65 bits per heavy atom. The molecule has 2 amide bonds. The number of carbonyl (C=O) groups excluding carboxylic acids is 2. The lowest BCUT2D eigenvalue weighted by atomic mass is 9.95. The number of carbonyl (C=O) groups is 2. The summed E-state index contributed by atoms with van der Waals surface area (Å²) >= 11 is 0. The fraction of sp³-hybridized carbons (Fsp3) is 0.857. The molecule has 0 bridgehead atoms. The molecule has 5 nitrogen and oxygen atoms in total. The fourth-order valence-electron chi connectivity index (χ4n) is 2.44. The van der Waals surface area contributed by atoms with Gasteiger partial charge in [0.1, 0.15) is 0 Å². The van der Waals surface area contributed by atoms with Gasteiger partial charge < -0.3 is 15.5 Å². The summed E-state index contributed by atoms with van der Waals surface area (Å²) in [7, 11) is 1.80. The van der Waals surface area contributed by atoms with E-state index in [1.165, 1.54) is 0 Å². The van der Waals surface area contributed by atoms with E-state index in [0.29, 0.717) is 19.5 Å². The van der Waals surface area contributed by atoms with Crippen LogP contribution < -0.4 is 5.73 Å². The van der Waals surface area contributed by atoms with Gasteiger partial charge in [0.15, 0.2) is 0 Å². The van der Waals surface area contributed by atoms with Crippen LogP contribution in [0.2, 0.25) is 0 Å². The van der Waals surface area contributed by atoms with Crippen molar-refractivity contribution < 1.29 is 9.59 Å². The number of likely N-dealkylation sites (N-methyl/N-ethyl adjacent to an activating group) is 1. The molecule has 0 aromatic carbocycles. The standard InChI is InChI=1S/C14H27N3O2.ClH/c1-4-6-13(18)17-8-5-7-12(10-17)14(19)16(3)11(2)9-15;/h11-12H,4-10,15H2,1-3H3;1H. The van der Waals surface area contributed by atoms with Crippen LogP contribution in [0.1, 0.15) is 39.5 Å². The lowest BCUT2D eigenvalue weighted by Gasteiger charge is -2.35. The summed E-state index contributed by atoms with van der Waals surface area (Å²) in [5, 5.41) is 0. The molecule has 0 aliphatic carbocycles. The molecule has 6 heteroatoms. The Bertz CT molecular complexity index is 326. The van der Waals surface area contributed by atoms with Crippen LogP contribution in [-0.2, 0) is 9.59 Å². The first-order chi connectivity index (χ1) is 9.01. The monoisotopic (exact) mass is 305 g/mol. The SMILES string of the molecule is CCCC(=O)N1CCCC(C(=O)N(C)C(C)CN)C1.Cl. The molecule has 2 N–H and O–H groups in total. The Labute approximate surface area is 128 Å². The average molecular weight is 306 g/mol. The van der Waals surface area contributed by atoms with Gasteiger partial charge in [-0.2, -0.15) is 0 Å². The van der Waals surface area contributed by atoms with Crippen molar-refractivity contribution in [1.82, 2.24) is 9.80 Å². The molecule has 1 rings (SSSR count). The molecule has 0 spiro atoms. The van der Waals surface area contributed by atoms with Gasteiger partial charge in [0.2, 0.25) is 11.8 Å². The van der Waals surface area contributed by atoms with Crippen molar-refractivity contribution in [1.29, 1.82) is 0 Å². The predicted molar refractivity (Wildman–Crippen MR) is 82.7 cm³/mol. The van der Waals surface area contributed by atoms with E-state index < -0.39 is 0 Å². The van der Waals surface area contributed by atoms with Gasteiger partial charge in [0, 0.05) is 39.1 Å². The maximum atomic E-state index is 12.4. The Hall–Kier alpha value is -0.810. The molecule has 1 aliphatic rings. The number of hydrogen-bond donors (Lipinski definition) is 1. The van der Waals surface area contributed by atoms with Crippen molar-refractivity contribution in [2.75, 3.05) is 26.7 Å². The molecule has 2 unspecified atom stereocenters. The topological polar surface area (TPSA) is 66.6 Å². The van der Waals surface area contributed by atoms with Crippen LogP contribution in [0.15, 0.2) is 0 Å². The molecule has 1 saturated heterocycles. The summed E-state index contributed by atoms with van der Waals surface area (Å²) in [4.78, 5) is 27.8. The van der Waals surface area contributed by atoms with Crippen LogP contribution in [-0.4, -0.2) is 54.3 Å². The Kier molecular flexibility index (Phi) is 8.81. The van der Waals surface area contributed by atoms with E-state index in [9.17, 15) is 9.59 Å². The molecule has 0 saturated carbocycles. The fourth-order valence-corrected chi connectivity index (χ4v) is 2.44. The molecule has 118 valence electrons. The van der Waals surface area contributed by atoms with Crippen LogP contribution in [0.3, 0.4) is 0 Å². The summed E-state index contributed by atoms with van der Waals surface area (Å²) in [5.74, 6) is 0.232. The molecular weight excluding hydrogens is 278 g/mol. The molecule has 20 heavy (non-hydrogen) atoms. The van der Waals surface area contributed by atoms with E-state index in [2.05, 4.69) is 0 Å². The van der Waals surface area contributed by atoms with Gasteiger partial charge in [-0.25, -0.2) is 0 Å². The normalized spacial score (nSPS) is 20.0. The summed E-state index contributed by atoms with van der Waals surface area (Å²) in [5.41, 5.74) is 5.60. The van der Waals surface area contributed by atoms with Crippen LogP contribution in [0, 0.1) is 5.92 Å². The molecule has 0 aromatic heterocycles. The minimum atomic E-state index is -0.0615. The lowest BCUT2D eigenvalue weighted by molar-refractivity contribution is -0.141. The highest BCUT2D eigenvalue weighted by Crippen LogP contribution is 2.20. The summed E-state index contributed by atoms with van der Waals surface area (Å²) in [6, 6.07) is 0.0502. The predicted octanol–water partition coefficient (Wildman–Crippen LogP) is 1.25. The number of likely N-dealkylation sites (tertiary alicyclic amines) is 1. The second-order valence-electron chi connectivity index (χ2n) is 5.46. The summed E-state index contributed by atoms with van der Waals surface area (Å²) < 4.78 is 0. The highest BCUT2D eigenvalue weighted by Gasteiger charge is 2.30. The molecule has 0 radical (unpaired) electrons. The minimum Gasteiger partial charge on any atom is -0.342 e. The molecule has 1 heterocycles. The maximum absolute atomic E-state index is 12.4. The molecule has 1 aliphatic heterocycles. The lowest BCUT2D eigenvalue weighted by Crippen LogP contribution is -2.49. The summed E-state index contributed by atoms with van der Waals surface area (Å²) in [6.07, 6.45) is 3.22. The average Bonchev–Trinajstić information content (AvgIpc) is 2.45. The third kappa shape index (κ3) is 4.94. The second-order valence-corrected chi connectivity index (χ2v) is 5.46. The number of nitrogens with two attached hydrogens (primary N) is 1. The first-order valence-corrected chi connectivity index (χ1v) is 7.25. The van der Waals surface area contributed by atoms with E-state index >= 15 is 0 Å². The third-order valence-electron chi connectivity index (χ3n) is 3.94. The van der Waals surface area contributed by atoms with Crippen LogP contribution >= 0.6 is 12.4 Å². The van der Waals surface area contributed by atoms with E-state index in [1.807, 2.05) is 18.7 Å². The highest BCUT2D eigenvalue weighted by atomic mass is 35.5. The number of amides is 2.